The zero-order valence-corrected chi connectivity index (χ0v) is 22.7. The molecular weight excluding hydrogens is 544 g/mol. The number of aromatic nitrogens is 5. The maximum Gasteiger partial charge on any atom is 0.248 e. The Morgan fingerprint density at radius 3 is 2.78 bits per heavy atom. The lowest BCUT2D eigenvalue weighted by atomic mass is 9.98. The van der Waals surface area contributed by atoms with Crippen molar-refractivity contribution < 1.29 is 14.4 Å². The second kappa shape index (κ2) is 12.5. The summed E-state index contributed by atoms with van der Waals surface area (Å²) in [7, 11) is 0. The Morgan fingerprint density at radius 2 is 1.98 bits per heavy atom. The van der Waals surface area contributed by atoms with Crippen LogP contribution in [0, 0.1) is 0 Å². The molecule has 2 aromatic heterocycles. The number of carbonyl (C=O) groups excluding carboxylic acids is 3. The van der Waals surface area contributed by atoms with Crippen LogP contribution in [0.25, 0.3) is 22.9 Å². The van der Waals surface area contributed by atoms with Crippen LogP contribution in [0.2, 0.25) is 5.02 Å². The van der Waals surface area contributed by atoms with Crippen molar-refractivity contribution in [2.75, 3.05) is 5.32 Å². The van der Waals surface area contributed by atoms with Gasteiger partial charge in [0.15, 0.2) is 0 Å². The van der Waals surface area contributed by atoms with Gasteiger partial charge in [0.1, 0.15) is 6.33 Å². The number of fused-ring (bicyclic) bond motifs is 4. The highest BCUT2D eigenvalue weighted by Crippen LogP contribution is 2.32. The van der Waals surface area contributed by atoms with E-state index in [1.807, 2.05) is 12.1 Å². The van der Waals surface area contributed by atoms with Crippen molar-refractivity contribution in [3.8, 4) is 16.8 Å². The van der Waals surface area contributed by atoms with E-state index in [4.69, 9.17) is 17.3 Å². The molecule has 5 rings (SSSR count). The summed E-state index contributed by atoms with van der Waals surface area (Å²) in [6, 6.07) is 13.5. The normalized spacial score (nSPS) is 15.6. The quantitative estimate of drug-likeness (QED) is 0.302. The largest absolute Gasteiger partial charge is 0.366 e. The molecule has 0 saturated heterocycles. The summed E-state index contributed by atoms with van der Waals surface area (Å²) in [5.41, 5.74) is 9.77. The Labute approximate surface area is 240 Å². The maximum absolute atomic E-state index is 13.1. The van der Waals surface area contributed by atoms with Gasteiger partial charge in [0.2, 0.25) is 17.7 Å². The topological polar surface area (TPSA) is 158 Å². The minimum Gasteiger partial charge on any atom is -0.366 e. The van der Waals surface area contributed by atoms with Crippen LogP contribution in [0.1, 0.15) is 59.8 Å². The molecule has 0 radical (unpaired) electrons. The molecule has 0 fully saturated rings. The molecule has 3 amide bonds. The number of hydrogen-bond donors (Lipinski definition) is 3. The number of halogens is 1. The van der Waals surface area contributed by atoms with Crippen LogP contribution in [0.4, 0.5) is 5.69 Å². The number of nitrogens with two attached hydrogens (primary N) is 1. The molecule has 0 spiro atoms. The Bertz CT molecular complexity index is 1620. The van der Waals surface area contributed by atoms with Crippen LogP contribution in [0.5, 0.6) is 0 Å². The number of hydrogen-bond acceptors (Lipinski definition) is 7. The van der Waals surface area contributed by atoms with Crippen LogP contribution in [-0.2, 0) is 9.59 Å². The van der Waals surface area contributed by atoms with Crippen LogP contribution < -0.4 is 16.4 Å². The summed E-state index contributed by atoms with van der Waals surface area (Å²) < 4.78 is 1.49. The Balaban J connectivity index is 1.43. The lowest BCUT2D eigenvalue weighted by Gasteiger charge is -2.19. The Kier molecular flexibility index (Phi) is 8.44. The molecule has 2 aromatic carbocycles. The maximum atomic E-state index is 13.1. The molecule has 3 heterocycles. The van der Waals surface area contributed by atoms with Crippen molar-refractivity contribution >= 4 is 41.1 Å². The first-order chi connectivity index (χ1) is 19.9. The van der Waals surface area contributed by atoms with Gasteiger partial charge in [-0.2, -0.15) is 4.68 Å². The summed E-state index contributed by atoms with van der Waals surface area (Å²) in [6.07, 6.45) is 9.44. The van der Waals surface area contributed by atoms with E-state index in [9.17, 15) is 14.4 Å². The van der Waals surface area contributed by atoms with E-state index in [1.165, 1.54) is 17.1 Å². The molecule has 0 saturated carbocycles. The van der Waals surface area contributed by atoms with Gasteiger partial charge in [-0.05, 0) is 77.4 Å². The average molecular weight is 571 g/mol. The SMILES string of the molecule is NC(=O)c1ccc2c(c1)NC(=O)CCCCC[C@H](NC(=O)/C=C/c1cc(Cl)ccc1-n1cnnn1)c1cc-2ccn1. The van der Waals surface area contributed by atoms with Gasteiger partial charge in [0.25, 0.3) is 0 Å². The second-order valence-electron chi connectivity index (χ2n) is 9.59. The number of nitrogens with zero attached hydrogens (tertiary/aromatic N) is 5. The Hall–Kier alpha value is -4.90. The van der Waals surface area contributed by atoms with Crippen molar-refractivity contribution in [3.63, 3.8) is 0 Å². The lowest BCUT2D eigenvalue weighted by Crippen LogP contribution is -2.27. The molecule has 11 nitrogen and oxygen atoms in total. The number of carbonyl (C=O) groups is 3. The third kappa shape index (κ3) is 6.82. The highest BCUT2D eigenvalue weighted by atomic mass is 35.5. The van der Waals surface area contributed by atoms with E-state index in [-0.39, 0.29) is 17.9 Å². The van der Waals surface area contributed by atoms with Gasteiger partial charge in [0.05, 0.1) is 17.4 Å². The predicted octanol–water partition coefficient (Wildman–Crippen LogP) is 4.25. The minimum atomic E-state index is -0.584. The molecule has 12 heteroatoms. The zero-order valence-electron chi connectivity index (χ0n) is 22.0. The fourth-order valence-corrected chi connectivity index (χ4v) is 4.88. The number of pyridine rings is 1. The van der Waals surface area contributed by atoms with Gasteiger partial charge in [0, 0.05) is 46.1 Å². The van der Waals surface area contributed by atoms with E-state index in [2.05, 4.69) is 31.1 Å². The molecule has 1 aliphatic heterocycles. The monoisotopic (exact) mass is 570 g/mol. The van der Waals surface area contributed by atoms with Crippen molar-refractivity contribution in [2.45, 2.75) is 38.1 Å². The number of nitrogens with one attached hydrogen (secondary N) is 2. The number of primary amides is 1. The molecular formula is C29H27ClN8O3. The summed E-state index contributed by atoms with van der Waals surface area (Å²) in [4.78, 5) is 42.1. The lowest BCUT2D eigenvalue weighted by molar-refractivity contribution is -0.117. The molecule has 0 aliphatic carbocycles. The fraction of sp³-hybridized carbons (Fsp3) is 0.207. The summed E-state index contributed by atoms with van der Waals surface area (Å²) in [5.74, 6) is -1.03. The highest BCUT2D eigenvalue weighted by Gasteiger charge is 2.19. The van der Waals surface area contributed by atoms with E-state index in [0.717, 1.165) is 18.4 Å². The third-order valence-corrected chi connectivity index (χ3v) is 6.98. The molecule has 1 atom stereocenters. The summed E-state index contributed by atoms with van der Waals surface area (Å²) in [6.45, 7) is 0. The average Bonchev–Trinajstić information content (AvgIpc) is 3.50. The molecule has 4 aromatic rings. The number of amides is 3. The van der Waals surface area contributed by atoms with E-state index in [1.54, 1.807) is 48.7 Å². The molecule has 208 valence electrons. The molecule has 41 heavy (non-hydrogen) atoms. The highest BCUT2D eigenvalue weighted by molar-refractivity contribution is 6.30. The smallest absolute Gasteiger partial charge is 0.248 e. The van der Waals surface area contributed by atoms with Gasteiger partial charge in [-0.1, -0.05) is 30.5 Å². The van der Waals surface area contributed by atoms with Gasteiger partial charge in [-0.15, -0.1) is 5.10 Å². The van der Waals surface area contributed by atoms with Crippen LogP contribution in [0.15, 0.2) is 67.1 Å². The standard InChI is InChI=1S/C29H27ClN8O3/c30-21-8-10-26(38-17-33-36-37-38)19(14-21)7-11-28(40)34-23-4-2-1-3-5-27(39)35-24-16-20(29(31)41)6-9-22(24)18-12-13-32-25(23)15-18/h6-17,23H,1-5H2,(H2,31,41)(H,34,40)(H,35,39)/b11-7+/t23-/m0/s1. The Morgan fingerprint density at radius 1 is 1.10 bits per heavy atom. The van der Waals surface area contributed by atoms with Crippen molar-refractivity contribution in [1.29, 1.82) is 0 Å². The van der Waals surface area contributed by atoms with Crippen LogP contribution in [-0.4, -0.2) is 42.9 Å². The first-order valence-corrected chi connectivity index (χ1v) is 13.5. The third-order valence-electron chi connectivity index (χ3n) is 6.74. The van der Waals surface area contributed by atoms with E-state index in [0.29, 0.717) is 58.0 Å². The molecule has 0 unspecified atom stereocenters. The van der Waals surface area contributed by atoms with Gasteiger partial charge >= 0.3 is 0 Å². The predicted molar refractivity (Wildman–Crippen MR) is 154 cm³/mol. The zero-order chi connectivity index (χ0) is 28.8. The van der Waals surface area contributed by atoms with Crippen molar-refractivity contribution in [2.24, 2.45) is 5.73 Å². The second-order valence-corrected chi connectivity index (χ2v) is 10.0. The number of tetrazole rings is 1. The van der Waals surface area contributed by atoms with Gasteiger partial charge in [-0.25, -0.2) is 0 Å². The fourth-order valence-electron chi connectivity index (χ4n) is 4.70. The van der Waals surface area contributed by atoms with Crippen molar-refractivity contribution in [3.05, 3.63) is 89.0 Å². The van der Waals surface area contributed by atoms with Gasteiger partial charge < -0.3 is 16.4 Å². The van der Waals surface area contributed by atoms with E-state index < -0.39 is 5.91 Å². The first-order valence-electron chi connectivity index (χ1n) is 13.1. The number of rotatable bonds is 5. The molecule has 2 bridgehead atoms. The van der Waals surface area contributed by atoms with Crippen LogP contribution >= 0.6 is 11.6 Å². The van der Waals surface area contributed by atoms with Gasteiger partial charge in [-0.3, -0.25) is 19.4 Å². The van der Waals surface area contributed by atoms with E-state index >= 15 is 0 Å². The van der Waals surface area contributed by atoms with Crippen LogP contribution in [0.3, 0.4) is 0 Å². The molecule has 4 N–H and O–H groups in total. The summed E-state index contributed by atoms with van der Waals surface area (Å²) in [5, 5.41) is 17.8. The first kappa shape index (κ1) is 27.7. The number of benzene rings is 2. The number of anilines is 1. The minimum absolute atomic E-state index is 0.140. The summed E-state index contributed by atoms with van der Waals surface area (Å²) >= 11 is 6.20. The van der Waals surface area contributed by atoms with Crippen molar-refractivity contribution in [1.82, 2.24) is 30.5 Å². The molecule has 1 aliphatic rings.